The summed E-state index contributed by atoms with van der Waals surface area (Å²) in [6.45, 7) is 8.54. The SMILES string of the molecule is CCCN(CC)CCn1c(=S)[nH]c2c(OC)cccc21. The fraction of sp³-hybridized carbons (Fsp3) is 0.533. The molecule has 5 heteroatoms. The molecular weight excluding hydrogens is 270 g/mol. The number of imidazole rings is 1. The van der Waals surface area contributed by atoms with Gasteiger partial charge in [-0.1, -0.05) is 19.9 Å². The summed E-state index contributed by atoms with van der Waals surface area (Å²) in [5.41, 5.74) is 2.10. The molecule has 0 aliphatic heterocycles. The van der Waals surface area contributed by atoms with Gasteiger partial charge in [-0.15, -0.1) is 0 Å². The quantitative estimate of drug-likeness (QED) is 0.794. The van der Waals surface area contributed by atoms with Crippen LogP contribution in [0.25, 0.3) is 11.0 Å². The molecule has 0 atom stereocenters. The van der Waals surface area contributed by atoms with Crippen molar-refractivity contribution in [3.63, 3.8) is 0 Å². The number of para-hydroxylation sites is 1. The first kappa shape index (κ1) is 15.1. The van der Waals surface area contributed by atoms with E-state index in [4.69, 9.17) is 17.0 Å². The van der Waals surface area contributed by atoms with Crippen LogP contribution in [0.1, 0.15) is 20.3 Å². The smallest absolute Gasteiger partial charge is 0.178 e. The van der Waals surface area contributed by atoms with Gasteiger partial charge in [-0.25, -0.2) is 0 Å². The Morgan fingerprint density at radius 3 is 2.75 bits per heavy atom. The van der Waals surface area contributed by atoms with E-state index in [1.807, 2.05) is 12.1 Å². The van der Waals surface area contributed by atoms with Gasteiger partial charge in [0, 0.05) is 13.1 Å². The maximum atomic E-state index is 5.45. The molecule has 0 unspecified atom stereocenters. The zero-order valence-corrected chi connectivity index (χ0v) is 13.3. The lowest BCUT2D eigenvalue weighted by atomic mass is 10.3. The van der Waals surface area contributed by atoms with Crippen molar-refractivity contribution in [3.8, 4) is 5.75 Å². The highest BCUT2D eigenvalue weighted by molar-refractivity contribution is 7.71. The number of methoxy groups -OCH3 is 1. The number of nitrogens with zero attached hydrogens (tertiary/aromatic N) is 2. The molecule has 1 N–H and O–H groups in total. The number of likely N-dealkylation sites (N-methyl/N-ethyl adjacent to an activating group) is 1. The molecule has 0 aliphatic carbocycles. The van der Waals surface area contributed by atoms with E-state index in [-0.39, 0.29) is 0 Å². The van der Waals surface area contributed by atoms with Crippen molar-refractivity contribution in [1.82, 2.24) is 14.5 Å². The molecule has 0 fully saturated rings. The molecule has 0 radical (unpaired) electrons. The number of nitrogens with one attached hydrogen (secondary N) is 1. The van der Waals surface area contributed by atoms with Crippen molar-refractivity contribution < 1.29 is 4.74 Å². The summed E-state index contributed by atoms with van der Waals surface area (Å²) < 4.78 is 8.30. The lowest BCUT2D eigenvalue weighted by Gasteiger charge is -2.19. The van der Waals surface area contributed by atoms with Gasteiger partial charge < -0.3 is 19.2 Å². The van der Waals surface area contributed by atoms with E-state index in [1.54, 1.807) is 7.11 Å². The van der Waals surface area contributed by atoms with E-state index in [0.29, 0.717) is 0 Å². The van der Waals surface area contributed by atoms with Gasteiger partial charge in [-0.2, -0.15) is 0 Å². The molecule has 2 rings (SSSR count). The van der Waals surface area contributed by atoms with Crippen LogP contribution < -0.4 is 4.74 Å². The summed E-state index contributed by atoms with van der Waals surface area (Å²) in [5, 5.41) is 0. The molecule has 0 spiro atoms. The molecule has 0 bridgehead atoms. The van der Waals surface area contributed by atoms with Crippen molar-refractivity contribution in [3.05, 3.63) is 23.0 Å². The Kier molecular flexibility index (Phi) is 5.20. The topological polar surface area (TPSA) is 33.2 Å². The van der Waals surface area contributed by atoms with Crippen molar-refractivity contribution in [1.29, 1.82) is 0 Å². The maximum Gasteiger partial charge on any atom is 0.178 e. The predicted octanol–water partition coefficient (Wildman–Crippen LogP) is 3.44. The minimum absolute atomic E-state index is 0.761. The van der Waals surface area contributed by atoms with Crippen LogP contribution in [0.2, 0.25) is 0 Å². The number of rotatable bonds is 7. The third-order valence-electron chi connectivity index (χ3n) is 3.62. The molecule has 1 heterocycles. The van der Waals surface area contributed by atoms with Crippen LogP contribution in [0, 0.1) is 4.77 Å². The first-order valence-corrected chi connectivity index (χ1v) is 7.60. The molecule has 1 aromatic carbocycles. The van der Waals surface area contributed by atoms with Gasteiger partial charge in [0.2, 0.25) is 0 Å². The second kappa shape index (κ2) is 6.90. The van der Waals surface area contributed by atoms with Crippen LogP contribution in [0.15, 0.2) is 18.2 Å². The zero-order chi connectivity index (χ0) is 14.5. The normalized spacial score (nSPS) is 11.4. The lowest BCUT2D eigenvalue weighted by molar-refractivity contribution is 0.277. The highest BCUT2D eigenvalue weighted by atomic mass is 32.1. The van der Waals surface area contributed by atoms with Crippen LogP contribution >= 0.6 is 12.2 Å². The summed E-state index contributed by atoms with van der Waals surface area (Å²) in [7, 11) is 1.68. The third kappa shape index (κ3) is 3.04. The molecule has 0 amide bonds. The standard InChI is InChI=1S/C15H23N3OS/c1-4-9-17(5-2)10-11-18-12-7-6-8-13(19-3)14(12)16-15(18)20/h6-8H,4-5,9-11H2,1-3H3,(H,16,20). The van der Waals surface area contributed by atoms with Crippen molar-refractivity contribution in [2.45, 2.75) is 26.8 Å². The number of aromatic nitrogens is 2. The van der Waals surface area contributed by atoms with E-state index in [0.717, 1.165) is 47.7 Å². The second-order valence-electron chi connectivity index (χ2n) is 4.87. The lowest BCUT2D eigenvalue weighted by Crippen LogP contribution is -2.28. The Bertz CT molecular complexity index is 617. The van der Waals surface area contributed by atoms with Crippen LogP contribution in [-0.2, 0) is 6.54 Å². The molecule has 4 nitrogen and oxygen atoms in total. The molecule has 20 heavy (non-hydrogen) atoms. The van der Waals surface area contributed by atoms with Crippen molar-refractivity contribution in [2.24, 2.45) is 0 Å². The number of H-pyrrole nitrogens is 1. The van der Waals surface area contributed by atoms with E-state index < -0.39 is 0 Å². The fourth-order valence-electron chi connectivity index (χ4n) is 2.53. The first-order chi connectivity index (χ1) is 9.71. The molecule has 1 aromatic heterocycles. The Morgan fingerprint density at radius 2 is 2.10 bits per heavy atom. The highest BCUT2D eigenvalue weighted by Gasteiger charge is 2.09. The number of hydrogen-bond donors (Lipinski definition) is 1. The summed E-state index contributed by atoms with van der Waals surface area (Å²) >= 11 is 5.45. The average Bonchev–Trinajstić information content (AvgIpc) is 2.79. The van der Waals surface area contributed by atoms with Crippen LogP contribution in [0.4, 0.5) is 0 Å². The van der Waals surface area contributed by atoms with Gasteiger partial charge in [0.15, 0.2) is 4.77 Å². The highest BCUT2D eigenvalue weighted by Crippen LogP contribution is 2.24. The summed E-state index contributed by atoms with van der Waals surface area (Å²) in [5.74, 6) is 0.841. The number of fused-ring (bicyclic) bond motifs is 1. The van der Waals surface area contributed by atoms with Gasteiger partial charge in [-0.3, -0.25) is 0 Å². The third-order valence-corrected chi connectivity index (χ3v) is 3.94. The number of aromatic amines is 1. The maximum absolute atomic E-state index is 5.45. The van der Waals surface area contributed by atoms with Gasteiger partial charge in [0.05, 0.1) is 12.6 Å². The van der Waals surface area contributed by atoms with Crippen molar-refractivity contribution >= 4 is 23.3 Å². The summed E-state index contributed by atoms with van der Waals surface area (Å²) in [6, 6.07) is 6.04. The summed E-state index contributed by atoms with van der Waals surface area (Å²) in [6.07, 6.45) is 1.18. The van der Waals surface area contributed by atoms with E-state index >= 15 is 0 Å². The minimum atomic E-state index is 0.761. The number of ether oxygens (including phenoxy) is 1. The van der Waals surface area contributed by atoms with Gasteiger partial charge >= 0.3 is 0 Å². The van der Waals surface area contributed by atoms with E-state index in [9.17, 15) is 0 Å². The van der Waals surface area contributed by atoms with Crippen LogP contribution in [0.5, 0.6) is 5.75 Å². The Hall–Kier alpha value is -1.33. The first-order valence-electron chi connectivity index (χ1n) is 7.19. The molecule has 0 aliphatic rings. The average molecular weight is 293 g/mol. The van der Waals surface area contributed by atoms with Gasteiger partial charge in [-0.05, 0) is 43.9 Å². The van der Waals surface area contributed by atoms with Gasteiger partial charge in [0.1, 0.15) is 11.3 Å². The van der Waals surface area contributed by atoms with Crippen LogP contribution in [0.3, 0.4) is 0 Å². The summed E-state index contributed by atoms with van der Waals surface area (Å²) in [4.78, 5) is 5.70. The second-order valence-corrected chi connectivity index (χ2v) is 5.26. The minimum Gasteiger partial charge on any atom is -0.494 e. The van der Waals surface area contributed by atoms with Gasteiger partial charge in [0.25, 0.3) is 0 Å². The predicted molar refractivity (Wildman–Crippen MR) is 86.1 cm³/mol. The fourth-order valence-corrected chi connectivity index (χ4v) is 2.82. The van der Waals surface area contributed by atoms with Crippen LogP contribution in [-0.4, -0.2) is 41.2 Å². The van der Waals surface area contributed by atoms with E-state index in [1.165, 1.54) is 6.42 Å². The number of benzene rings is 1. The molecule has 0 saturated heterocycles. The Morgan fingerprint density at radius 1 is 1.30 bits per heavy atom. The Labute approximate surface area is 125 Å². The largest absolute Gasteiger partial charge is 0.494 e. The Balaban J connectivity index is 2.26. The zero-order valence-electron chi connectivity index (χ0n) is 12.5. The molecule has 2 aromatic rings. The number of hydrogen-bond acceptors (Lipinski definition) is 3. The monoisotopic (exact) mass is 293 g/mol. The van der Waals surface area contributed by atoms with E-state index in [2.05, 4.69) is 34.4 Å². The molecule has 0 saturated carbocycles. The molecule has 110 valence electrons. The van der Waals surface area contributed by atoms with Crippen molar-refractivity contribution in [2.75, 3.05) is 26.7 Å². The molecular formula is C15H23N3OS.